The highest BCUT2D eigenvalue weighted by Gasteiger charge is 2.17. The second kappa shape index (κ2) is 5.58. The standard InChI is InChI=1S/C11H12FNO3S/c1-2-3-8-11(14)13-9-6-4-5-7-10(9)17(12,15)16/h2,4-7H,1,3,8H2,(H,13,14). The van der Waals surface area contributed by atoms with Crippen molar-refractivity contribution < 1.29 is 17.1 Å². The van der Waals surface area contributed by atoms with Crippen molar-refractivity contribution in [2.45, 2.75) is 17.7 Å². The van der Waals surface area contributed by atoms with E-state index >= 15 is 0 Å². The van der Waals surface area contributed by atoms with Gasteiger partial charge in [-0.15, -0.1) is 10.5 Å². The fraction of sp³-hybridized carbons (Fsp3) is 0.182. The third-order valence-electron chi connectivity index (χ3n) is 2.00. The van der Waals surface area contributed by atoms with E-state index in [1.54, 1.807) is 6.08 Å². The summed E-state index contributed by atoms with van der Waals surface area (Å²) in [5.74, 6) is -0.388. The van der Waals surface area contributed by atoms with Gasteiger partial charge in [-0.2, -0.15) is 8.42 Å². The number of carbonyl (C=O) groups is 1. The second-order valence-corrected chi connectivity index (χ2v) is 4.63. The first-order valence-electron chi connectivity index (χ1n) is 4.89. The van der Waals surface area contributed by atoms with Crippen molar-refractivity contribution in [1.29, 1.82) is 0 Å². The van der Waals surface area contributed by atoms with Gasteiger partial charge in [0.25, 0.3) is 0 Å². The van der Waals surface area contributed by atoms with Gasteiger partial charge in [0.1, 0.15) is 4.90 Å². The second-order valence-electron chi connectivity index (χ2n) is 3.31. The van der Waals surface area contributed by atoms with Crippen LogP contribution in [-0.2, 0) is 15.0 Å². The van der Waals surface area contributed by atoms with Gasteiger partial charge in [0.15, 0.2) is 0 Å². The van der Waals surface area contributed by atoms with Crippen LogP contribution in [0, 0.1) is 0 Å². The molecule has 0 radical (unpaired) electrons. The molecular formula is C11H12FNO3S. The summed E-state index contributed by atoms with van der Waals surface area (Å²) in [5, 5.41) is 2.35. The maximum atomic E-state index is 12.9. The minimum atomic E-state index is -4.83. The molecule has 0 aliphatic carbocycles. The molecule has 0 atom stereocenters. The van der Waals surface area contributed by atoms with E-state index in [9.17, 15) is 17.1 Å². The maximum Gasteiger partial charge on any atom is 0.334 e. The molecule has 0 unspecified atom stereocenters. The lowest BCUT2D eigenvalue weighted by molar-refractivity contribution is -0.116. The third-order valence-corrected chi connectivity index (χ3v) is 2.88. The van der Waals surface area contributed by atoms with Gasteiger partial charge in [-0.3, -0.25) is 4.79 Å². The van der Waals surface area contributed by atoms with Crippen LogP contribution in [0.1, 0.15) is 12.8 Å². The van der Waals surface area contributed by atoms with Crippen LogP contribution in [0.2, 0.25) is 0 Å². The van der Waals surface area contributed by atoms with Crippen molar-refractivity contribution in [2.24, 2.45) is 0 Å². The molecule has 0 fully saturated rings. The van der Waals surface area contributed by atoms with Crippen LogP contribution in [0.25, 0.3) is 0 Å². The van der Waals surface area contributed by atoms with E-state index in [0.29, 0.717) is 6.42 Å². The van der Waals surface area contributed by atoms with E-state index in [2.05, 4.69) is 11.9 Å². The van der Waals surface area contributed by atoms with Gasteiger partial charge < -0.3 is 5.32 Å². The van der Waals surface area contributed by atoms with E-state index in [1.165, 1.54) is 18.2 Å². The van der Waals surface area contributed by atoms with Crippen molar-refractivity contribution in [3.8, 4) is 0 Å². The van der Waals surface area contributed by atoms with E-state index in [4.69, 9.17) is 0 Å². The van der Waals surface area contributed by atoms with E-state index in [-0.39, 0.29) is 18.0 Å². The molecule has 1 aromatic carbocycles. The molecule has 0 heterocycles. The molecule has 0 saturated heterocycles. The zero-order valence-electron chi connectivity index (χ0n) is 9.02. The van der Waals surface area contributed by atoms with E-state index < -0.39 is 15.1 Å². The Kier molecular flexibility index (Phi) is 4.39. The van der Waals surface area contributed by atoms with E-state index in [1.807, 2.05) is 0 Å². The Morgan fingerprint density at radius 3 is 2.65 bits per heavy atom. The number of anilines is 1. The lowest BCUT2D eigenvalue weighted by Crippen LogP contribution is -2.13. The Labute approximate surface area is 99.4 Å². The molecular weight excluding hydrogens is 245 g/mol. The number of nitrogens with one attached hydrogen (secondary N) is 1. The summed E-state index contributed by atoms with van der Waals surface area (Å²) in [6.45, 7) is 3.46. The Morgan fingerprint density at radius 2 is 2.06 bits per heavy atom. The van der Waals surface area contributed by atoms with Gasteiger partial charge in [0.2, 0.25) is 5.91 Å². The average Bonchev–Trinajstić information content (AvgIpc) is 2.25. The SMILES string of the molecule is C=CCCC(=O)Nc1ccccc1S(=O)(=O)F. The largest absolute Gasteiger partial charge is 0.334 e. The first-order chi connectivity index (χ1) is 7.95. The van der Waals surface area contributed by atoms with Crippen LogP contribution in [0.4, 0.5) is 9.57 Å². The zero-order valence-corrected chi connectivity index (χ0v) is 9.84. The molecule has 4 nitrogen and oxygen atoms in total. The van der Waals surface area contributed by atoms with Crippen LogP contribution >= 0.6 is 0 Å². The summed E-state index contributed by atoms with van der Waals surface area (Å²) in [7, 11) is -4.83. The van der Waals surface area contributed by atoms with Gasteiger partial charge in [-0.05, 0) is 18.6 Å². The zero-order chi connectivity index (χ0) is 12.9. The molecule has 1 rings (SSSR count). The molecule has 0 aromatic heterocycles. The lowest BCUT2D eigenvalue weighted by Gasteiger charge is -2.07. The molecule has 6 heteroatoms. The van der Waals surface area contributed by atoms with Crippen LogP contribution in [-0.4, -0.2) is 14.3 Å². The molecule has 1 N–H and O–H groups in total. The first kappa shape index (κ1) is 13.4. The first-order valence-corrected chi connectivity index (χ1v) is 6.28. The predicted molar refractivity (Wildman–Crippen MR) is 62.8 cm³/mol. The number of allylic oxidation sites excluding steroid dienone is 1. The van der Waals surface area contributed by atoms with Gasteiger partial charge in [0, 0.05) is 6.42 Å². The summed E-state index contributed by atoms with van der Waals surface area (Å²) in [4.78, 5) is 10.8. The highest BCUT2D eigenvalue weighted by atomic mass is 32.3. The molecule has 1 amide bonds. The van der Waals surface area contributed by atoms with Gasteiger partial charge in [-0.25, -0.2) is 0 Å². The van der Waals surface area contributed by atoms with Crippen molar-refractivity contribution in [1.82, 2.24) is 0 Å². The molecule has 0 aliphatic rings. The van der Waals surface area contributed by atoms with Gasteiger partial charge in [0.05, 0.1) is 5.69 Å². The summed E-state index contributed by atoms with van der Waals surface area (Å²) >= 11 is 0. The Morgan fingerprint density at radius 1 is 1.41 bits per heavy atom. The summed E-state index contributed by atoms with van der Waals surface area (Å²) in [6.07, 6.45) is 2.21. The average molecular weight is 257 g/mol. The molecule has 92 valence electrons. The smallest absolute Gasteiger partial charge is 0.325 e. The third kappa shape index (κ3) is 3.99. The van der Waals surface area contributed by atoms with Crippen molar-refractivity contribution in [3.63, 3.8) is 0 Å². The number of hydrogen-bond acceptors (Lipinski definition) is 3. The number of carbonyl (C=O) groups excluding carboxylic acids is 1. The van der Waals surface area contributed by atoms with Crippen LogP contribution in [0.15, 0.2) is 41.8 Å². The van der Waals surface area contributed by atoms with Gasteiger partial charge in [-0.1, -0.05) is 18.2 Å². The number of benzene rings is 1. The minimum absolute atomic E-state index is 0.0518. The molecule has 0 spiro atoms. The fourth-order valence-electron chi connectivity index (χ4n) is 1.23. The van der Waals surface area contributed by atoms with Crippen LogP contribution in [0.3, 0.4) is 0 Å². The van der Waals surface area contributed by atoms with E-state index in [0.717, 1.165) is 6.07 Å². The lowest BCUT2D eigenvalue weighted by atomic mass is 10.2. The highest BCUT2D eigenvalue weighted by Crippen LogP contribution is 2.22. The number of hydrogen-bond donors (Lipinski definition) is 1. The summed E-state index contributed by atoms with van der Waals surface area (Å²) in [6, 6.07) is 5.32. The molecule has 0 aliphatic heterocycles. The number of amides is 1. The molecule has 1 aromatic rings. The van der Waals surface area contributed by atoms with Crippen LogP contribution < -0.4 is 5.32 Å². The Balaban J connectivity index is 2.92. The summed E-state index contributed by atoms with van der Waals surface area (Å²) < 4.78 is 34.5. The number of halogens is 1. The quantitative estimate of drug-likeness (QED) is 0.650. The molecule has 17 heavy (non-hydrogen) atoms. The molecule has 0 saturated carbocycles. The highest BCUT2D eigenvalue weighted by molar-refractivity contribution is 7.86. The topological polar surface area (TPSA) is 63.2 Å². The van der Waals surface area contributed by atoms with Gasteiger partial charge >= 0.3 is 10.2 Å². The predicted octanol–water partition coefficient (Wildman–Crippen LogP) is 2.25. The number of para-hydroxylation sites is 1. The normalized spacial score (nSPS) is 10.9. The van der Waals surface area contributed by atoms with Crippen LogP contribution in [0.5, 0.6) is 0 Å². The number of rotatable bonds is 5. The van der Waals surface area contributed by atoms with Crippen molar-refractivity contribution in [3.05, 3.63) is 36.9 Å². The van der Waals surface area contributed by atoms with Crippen molar-refractivity contribution in [2.75, 3.05) is 5.32 Å². The minimum Gasteiger partial charge on any atom is -0.325 e. The fourth-order valence-corrected chi connectivity index (χ4v) is 1.85. The monoisotopic (exact) mass is 257 g/mol. The Bertz CT molecular complexity index is 525. The van der Waals surface area contributed by atoms with Crippen molar-refractivity contribution >= 4 is 21.8 Å². The maximum absolute atomic E-state index is 12.9. The molecule has 0 bridgehead atoms. The Hall–Kier alpha value is -1.69. The summed E-state index contributed by atoms with van der Waals surface area (Å²) in [5.41, 5.74) is -0.0518.